The molecule has 2 rings (SSSR count). The Morgan fingerprint density at radius 1 is 1.28 bits per heavy atom. The molecule has 0 bridgehead atoms. The van der Waals surface area contributed by atoms with Crippen molar-refractivity contribution in [3.05, 3.63) is 69.2 Å². The molecule has 29 heavy (non-hydrogen) atoms. The van der Waals surface area contributed by atoms with Crippen molar-refractivity contribution in [3.8, 4) is 5.75 Å². The first-order valence-corrected chi connectivity index (χ1v) is 9.05. The Labute approximate surface area is 172 Å². The van der Waals surface area contributed by atoms with Gasteiger partial charge in [-0.2, -0.15) is 0 Å². The van der Waals surface area contributed by atoms with Crippen LogP contribution in [0.1, 0.15) is 19.4 Å². The number of para-hydroxylation sites is 1. The lowest BCUT2D eigenvalue weighted by atomic mass is 10.2. The van der Waals surface area contributed by atoms with Crippen LogP contribution in [0, 0.1) is 10.1 Å². The lowest BCUT2D eigenvalue weighted by Crippen LogP contribution is -2.29. The van der Waals surface area contributed by atoms with Gasteiger partial charge in [0.05, 0.1) is 22.2 Å². The van der Waals surface area contributed by atoms with Crippen LogP contribution in [0.5, 0.6) is 5.75 Å². The summed E-state index contributed by atoms with van der Waals surface area (Å²) in [6.07, 6.45) is 1.62. The molecule has 0 saturated heterocycles. The van der Waals surface area contributed by atoms with Gasteiger partial charge in [-0.3, -0.25) is 14.9 Å². The zero-order valence-corrected chi connectivity index (χ0v) is 16.5. The smallest absolute Gasteiger partial charge is 0.331 e. The van der Waals surface area contributed by atoms with E-state index in [0.717, 1.165) is 6.07 Å². The monoisotopic (exact) mass is 418 g/mol. The van der Waals surface area contributed by atoms with E-state index >= 15 is 0 Å². The third-order valence-electron chi connectivity index (χ3n) is 3.70. The van der Waals surface area contributed by atoms with Crippen molar-refractivity contribution in [2.75, 3.05) is 11.9 Å². The molecule has 0 fully saturated rings. The van der Waals surface area contributed by atoms with Crippen LogP contribution < -0.4 is 10.1 Å². The molecule has 0 radical (unpaired) electrons. The van der Waals surface area contributed by atoms with Gasteiger partial charge in [0.1, 0.15) is 5.75 Å². The molecule has 1 N–H and O–H groups in total. The minimum Gasteiger partial charge on any atom is -0.493 e. The number of rotatable bonds is 8. The van der Waals surface area contributed by atoms with Gasteiger partial charge in [-0.15, -0.1) is 0 Å². The largest absolute Gasteiger partial charge is 0.493 e. The topological polar surface area (TPSA) is 108 Å². The zero-order chi connectivity index (χ0) is 21.4. The SMILES string of the molecule is CCOc1ccccc1/C=C/C(=O)OC(C)C(=O)Nc1ccc([N+](=O)[O-])cc1Cl. The van der Waals surface area contributed by atoms with Gasteiger partial charge in [-0.25, -0.2) is 4.79 Å². The first-order valence-electron chi connectivity index (χ1n) is 8.67. The number of anilines is 1. The predicted molar refractivity (Wildman–Crippen MR) is 109 cm³/mol. The number of hydrogen-bond donors (Lipinski definition) is 1. The number of non-ortho nitro benzene ring substituents is 1. The highest BCUT2D eigenvalue weighted by molar-refractivity contribution is 6.34. The van der Waals surface area contributed by atoms with E-state index < -0.39 is 22.9 Å². The van der Waals surface area contributed by atoms with Crippen molar-refractivity contribution in [1.82, 2.24) is 0 Å². The van der Waals surface area contributed by atoms with Crippen LogP contribution in [0.15, 0.2) is 48.5 Å². The molecule has 0 aromatic heterocycles. The highest BCUT2D eigenvalue weighted by atomic mass is 35.5. The third kappa shape index (κ3) is 6.32. The second-order valence-corrected chi connectivity index (χ2v) is 6.20. The van der Waals surface area contributed by atoms with Gasteiger partial charge in [0, 0.05) is 23.8 Å². The molecule has 2 aromatic rings. The van der Waals surface area contributed by atoms with Gasteiger partial charge < -0.3 is 14.8 Å². The Bertz CT molecular complexity index is 944. The summed E-state index contributed by atoms with van der Waals surface area (Å²) in [5, 5.41) is 13.2. The summed E-state index contributed by atoms with van der Waals surface area (Å²) in [5.74, 6) is -0.719. The lowest BCUT2D eigenvalue weighted by molar-refractivity contribution is -0.384. The number of ether oxygens (including phenoxy) is 2. The number of carbonyl (C=O) groups excluding carboxylic acids is 2. The van der Waals surface area contributed by atoms with Gasteiger partial charge in [0.25, 0.3) is 11.6 Å². The van der Waals surface area contributed by atoms with Gasteiger partial charge in [-0.05, 0) is 32.1 Å². The van der Waals surface area contributed by atoms with Crippen LogP contribution in [-0.4, -0.2) is 29.5 Å². The van der Waals surface area contributed by atoms with Crippen LogP contribution in [0.25, 0.3) is 6.08 Å². The average molecular weight is 419 g/mol. The van der Waals surface area contributed by atoms with E-state index in [0.29, 0.717) is 17.9 Å². The molecule has 0 heterocycles. The van der Waals surface area contributed by atoms with Gasteiger partial charge >= 0.3 is 5.97 Å². The lowest BCUT2D eigenvalue weighted by Gasteiger charge is -2.13. The third-order valence-corrected chi connectivity index (χ3v) is 4.01. The summed E-state index contributed by atoms with van der Waals surface area (Å²) >= 11 is 5.94. The number of nitrogens with zero attached hydrogens (tertiary/aromatic N) is 1. The molecule has 1 atom stereocenters. The summed E-state index contributed by atoms with van der Waals surface area (Å²) in [7, 11) is 0. The molecular formula is C20H19ClN2O6. The summed E-state index contributed by atoms with van der Waals surface area (Å²) in [6.45, 7) is 3.73. The highest BCUT2D eigenvalue weighted by Gasteiger charge is 2.19. The molecule has 152 valence electrons. The minimum absolute atomic E-state index is 0.00139. The molecular weight excluding hydrogens is 400 g/mol. The number of hydrogen-bond acceptors (Lipinski definition) is 6. The van der Waals surface area contributed by atoms with E-state index in [9.17, 15) is 19.7 Å². The Kier molecular flexibility index (Phi) is 7.73. The van der Waals surface area contributed by atoms with Crippen LogP contribution in [0.3, 0.4) is 0 Å². The summed E-state index contributed by atoms with van der Waals surface area (Å²) in [5.41, 5.74) is 0.664. The van der Waals surface area contributed by atoms with E-state index in [-0.39, 0.29) is 16.4 Å². The van der Waals surface area contributed by atoms with Gasteiger partial charge in [0.15, 0.2) is 6.10 Å². The van der Waals surface area contributed by atoms with Gasteiger partial charge in [0.2, 0.25) is 0 Å². The number of esters is 1. The summed E-state index contributed by atoms with van der Waals surface area (Å²) in [4.78, 5) is 34.3. The van der Waals surface area contributed by atoms with E-state index in [1.165, 1.54) is 31.2 Å². The molecule has 8 nitrogen and oxygen atoms in total. The van der Waals surface area contributed by atoms with E-state index in [2.05, 4.69) is 5.32 Å². The Hall–Kier alpha value is -3.39. The Morgan fingerprint density at radius 2 is 2.00 bits per heavy atom. The van der Waals surface area contributed by atoms with Crippen LogP contribution in [0.4, 0.5) is 11.4 Å². The quantitative estimate of drug-likeness (QED) is 0.297. The first kappa shape index (κ1) is 21.9. The van der Waals surface area contributed by atoms with Gasteiger partial charge in [-0.1, -0.05) is 29.8 Å². The number of nitrogens with one attached hydrogen (secondary N) is 1. The molecule has 1 amide bonds. The van der Waals surface area contributed by atoms with Crippen molar-refractivity contribution >= 4 is 40.9 Å². The number of carbonyl (C=O) groups is 2. The maximum absolute atomic E-state index is 12.2. The molecule has 0 saturated carbocycles. The predicted octanol–water partition coefficient (Wildman–Crippen LogP) is 4.23. The fourth-order valence-corrected chi connectivity index (χ4v) is 2.51. The second kappa shape index (κ2) is 10.2. The molecule has 0 aliphatic carbocycles. The number of nitro groups is 1. The van der Waals surface area contributed by atoms with Crippen molar-refractivity contribution in [3.63, 3.8) is 0 Å². The maximum Gasteiger partial charge on any atom is 0.331 e. The molecule has 1 unspecified atom stereocenters. The molecule has 2 aromatic carbocycles. The fourth-order valence-electron chi connectivity index (χ4n) is 2.28. The molecule has 0 aliphatic rings. The number of nitro benzene ring substituents is 1. The standard InChI is InChI=1S/C20H19ClN2O6/c1-3-28-18-7-5-4-6-14(18)8-11-19(24)29-13(2)20(25)22-17-10-9-15(23(26)27)12-16(17)21/h4-13H,3H2,1-2H3,(H,22,25)/b11-8+. The summed E-state index contributed by atoms with van der Waals surface area (Å²) in [6, 6.07) is 10.8. The second-order valence-electron chi connectivity index (χ2n) is 5.79. The number of amides is 1. The summed E-state index contributed by atoms with van der Waals surface area (Å²) < 4.78 is 10.5. The van der Waals surface area contributed by atoms with Crippen molar-refractivity contribution < 1.29 is 24.0 Å². The van der Waals surface area contributed by atoms with E-state index in [4.69, 9.17) is 21.1 Å². The molecule has 0 aliphatic heterocycles. The van der Waals surface area contributed by atoms with Crippen molar-refractivity contribution in [2.45, 2.75) is 20.0 Å². The van der Waals surface area contributed by atoms with Crippen LogP contribution in [-0.2, 0) is 14.3 Å². The maximum atomic E-state index is 12.2. The molecule has 9 heteroatoms. The zero-order valence-electron chi connectivity index (χ0n) is 15.8. The average Bonchev–Trinajstić information content (AvgIpc) is 2.68. The normalized spacial score (nSPS) is 11.7. The minimum atomic E-state index is -1.11. The highest BCUT2D eigenvalue weighted by Crippen LogP contribution is 2.26. The van der Waals surface area contributed by atoms with E-state index in [1.807, 2.05) is 13.0 Å². The fraction of sp³-hybridized carbons (Fsp3) is 0.200. The van der Waals surface area contributed by atoms with Crippen molar-refractivity contribution in [2.24, 2.45) is 0 Å². The van der Waals surface area contributed by atoms with Crippen LogP contribution in [0.2, 0.25) is 5.02 Å². The van der Waals surface area contributed by atoms with Crippen molar-refractivity contribution in [1.29, 1.82) is 0 Å². The first-order chi connectivity index (χ1) is 13.8. The Morgan fingerprint density at radius 3 is 2.66 bits per heavy atom. The van der Waals surface area contributed by atoms with Crippen LogP contribution >= 0.6 is 11.6 Å². The number of halogens is 1. The van der Waals surface area contributed by atoms with E-state index in [1.54, 1.807) is 18.2 Å². The Balaban J connectivity index is 1.97. The number of benzene rings is 2. The molecule has 0 spiro atoms.